The van der Waals surface area contributed by atoms with E-state index in [1.165, 1.54) is 12.3 Å². The van der Waals surface area contributed by atoms with Crippen LogP contribution in [0.2, 0.25) is 10.0 Å². The lowest BCUT2D eigenvalue weighted by Gasteiger charge is -2.40. The minimum atomic E-state index is -1.24. The number of piperidine rings is 1. The van der Waals surface area contributed by atoms with Gasteiger partial charge in [0.25, 0.3) is 5.91 Å². The minimum Gasteiger partial charge on any atom is -0.476 e. The number of nitrogens with one attached hydrogen (secondary N) is 1. The second-order valence-corrected chi connectivity index (χ2v) is 9.75. The predicted octanol–water partition coefficient (Wildman–Crippen LogP) is 4.10. The molecule has 3 N–H and O–H groups in total. The number of primary amides is 1. The van der Waals surface area contributed by atoms with Crippen molar-refractivity contribution in [3.63, 3.8) is 0 Å². The summed E-state index contributed by atoms with van der Waals surface area (Å²) in [6, 6.07) is 6.45. The molecule has 0 spiro atoms. The molecule has 10 heteroatoms. The summed E-state index contributed by atoms with van der Waals surface area (Å²) in [6.45, 7) is 3.26. The maximum Gasteiger partial charge on any atom is 0.263 e. The van der Waals surface area contributed by atoms with Crippen molar-refractivity contribution in [3.05, 3.63) is 51.9 Å². The summed E-state index contributed by atoms with van der Waals surface area (Å²) < 4.78 is 19.4. The van der Waals surface area contributed by atoms with Crippen molar-refractivity contribution in [2.45, 2.75) is 63.3 Å². The lowest BCUT2D eigenvalue weighted by Crippen LogP contribution is -2.55. The highest BCUT2D eigenvalue weighted by molar-refractivity contribution is 6.43. The van der Waals surface area contributed by atoms with E-state index in [1.54, 1.807) is 19.9 Å². The van der Waals surface area contributed by atoms with E-state index < -0.39 is 17.3 Å². The number of fused-ring (bicyclic) bond motifs is 2. The van der Waals surface area contributed by atoms with E-state index in [-0.39, 0.29) is 39.8 Å². The molecular weight excluding hydrogens is 470 g/mol. The van der Waals surface area contributed by atoms with Crippen molar-refractivity contribution >= 4 is 40.8 Å². The molecule has 4 rings (SSSR count). The second-order valence-electron chi connectivity index (χ2n) is 8.99. The average Bonchev–Trinajstić information content (AvgIpc) is 3.04. The van der Waals surface area contributed by atoms with Crippen LogP contribution >= 0.6 is 23.2 Å². The number of aromatic nitrogens is 1. The summed E-state index contributed by atoms with van der Waals surface area (Å²) in [6.07, 6.45) is 5.03. The van der Waals surface area contributed by atoms with Gasteiger partial charge in [0.15, 0.2) is 5.60 Å². The zero-order chi connectivity index (χ0) is 23.9. The van der Waals surface area contributed by atoms with Crippen LogP contribution in [0.15, 0.2) is 30.5 Å². The highest BCUT2D eigenvalue weighted by atomic mass is 35.5. The number of hydrogen-bond acceptors (Lipinski definition) is 5. The van der Waals surface area contributed by atoms with Gasteiger partial charge >= 0.3 is 0 Å². The van der Waals surface area contributed by atoms with Crippen LogP contribution < -0.4 is 20.7 Å². The first-order chi connectivity index (χ1) is 15.6. The molecule has 33 heavy (non-hydrogen) atoms. The fraction of sp³-hybridized carbons (Fsp3) is 0.435. The Labute approximate surface area is 201 Å². The maximum absolute atomic E-state index is 13.6. The molecule has 2 aromatic rings. The van der Waals surface area contributed by atoms with Gasteiger partial charge < -0.3 is 20.7 Å². The Balaban J connectivity index is 1.41. The van der Waals surface area contributed by atoms with E-state index in [2.05, 4.69) is 15.2 Å². The largest absolute Gasteiger partial charge is 0.476 e. The van der Waals surface area contributed by atoms with E-state index in [4.69, 9.17) is 33.7 Å². The fourth-order valence-corrected chi connectivity index (χ4v) is 4.97. The van der Waals surface area contributed by atoms with E-state index >= 15 is 0 Å². The van der Waals surface area contributed by atoms with Gasteiger partial charge in [-0.1, -0.05) is 23.2 Å². The number of carbonyl (C=O) groups excluding carboxylic acids is 2. The smallest absolute Gasteiger partial charge is 0.263 e. The van der Waals surface area contributed by atoms with Gasteiger partial charge in [0.2, 0.25) is 5.91 Å². The van der Waals surface area contributed by atoms with E-state index in [1.807, 2.05) is 6.07 Å². The number of ether oxygens (including phenoxy) is 1. The Bertz CT molecular complexity index is 1070. The molecule has 176 valence electrons. The number of nitrogens with zero attached hydrogens (tertiary/aromatic N) is 2. The van der Waals surface area contributed by atoms with Gasteiger partial charge in [0, 0.05) is 24.3 Å². The van der Waals surface area contributed by atoms with Gasteiger partial charge in [0.05, 0.1) is 10.6 Å². The summed E-state index contributed by atoms with van der Waals surface area (Å²) in [5.74, 6) is -0.502. The monoisotopic (exact) mass is 494 g/mol. The minimum absolute atomic E-state index is 0.0219. The molecule has 2 fully saturated rings. The molecule has 3 atom stereocenters. The number of hydrogen-bond donors (Lipinski definition) is 2. The van der Waals surface area contributed by atoms with Crippen molar-refractivity contribution in [2.75, 3.05) is 4.90 Å². The van der Waals surface area contributed by atoms with Crippen molar-refractivity contribution < 1.29 is 18.7 Å². The molecule has 0 unspecified atom stereocenters. The Morgan fingerprint density at radius 1 is 1.15 bits per heavy atom. The molecule has 7 nitrogen and oxygen atoms in total. The molecule has 2 bridgehead atoms. The first-order valence-corrected chi connectivity index (χ1v) is 11.5. The maximum atomic E-state index is 13.6. The van der Waals surface area contributed by atoms with Gasteiger partial charge in [-0.25, -0.2) is 9.37 Å². The number of anilines is 1. The topological polar surface area (TPSA) is 97.5 Å². The Morgan fingerprint density at radius 3 is 2.39 bits per heavy atom. The number of carbonyl (C=O) groups is 2. The first-order valence-electron chi connectivity index (χ1n) is 10.7. The van der Waals surface area contributed by atoms with Crippen LogP contribution in [0.4, 0.5) is 10.2 Å². The van der Waals surface area contributed by atoms with E-state index in [9.17, 15) is 14.0 Å². The summed E-state index contributed by atoms with van der Waals surface area (Å²) in [5, 5.41) is 2.79. The number of amides is 2. The third-order valence-electron chi connectivity index (χ3n) is 6.28. The zero-order valence-electron chi connectivity index (χ0n) is 18.3. The lowest BCUT2D eigenvalue weighted by atomic mass is 9.96. The number of pyridine rings is 1. The number of rotatable bonds is 6. The number of benzene rings is 1. The highest BCUT2D eigenvalue weighted by Gasteiger charge is 2.43. The quantitative estimate of drug-likeness (QED) is 0.589. The zero-order valence-corrected chi connectivity index (χ0v) is 19.8. The normalized spacial score (nSPS) is 22.2. The Kier molecular flexibility index (Phi) is 6.42. The second kappa shape index (κ2) is 8.99. The molecule has 1 aromatic carbocycles. The molecule has 1 aromatic heterocycles. The molecule has 3 heterocycles. The van der Waals surface area contributed by atoms with E-state index in [0.717, 1.165) is 37.6 Å². The number of nitrogens with two attached hydrogens (primary N) is 1. The van der Waals surface area contributed by atoms with Crippen LogP contribution in [-0.2, 0) is 4.79 Å². The van der Waals surface area contributed by atoms with Gasteiger partial charge in [-0.2, -0.15) is 0 Å². The molecular formula is C23H25Cl2FN4O3. The molecule has 2 aliphatic heterocycles. The molecule has 2 saturated heterocycles. The third-order valence-corrected chi connectivity index (χ3v) is 7.12. The summed E-state index contributed by atoms with van der Waals surface area (Å²) >= 11 is 11.9. The SMILES string of the molecule is CC(C)(Oc1ccc(F)c(Cl)c1Cl)C(=O)N[C@H]1C[C@H]2CC[C@@H](C1)N2c1ccc(C(N)=O)cn1. The van der Waals surface area contributed by atoms with Crippen LogP contribution in [0.25, 0.3) is 0 Å². The standard InChI is InChI=1S/C23H25Cl2FN4O3/c1-23(2,33-17-7-6-16(26)19(24)20(17)25)22(32)29-13-9-14-4-5-15(10-13)30(14)18-8-3-12(11-28-18)21(27)31/h3,6-8,11,13-15H,4-5,9-10H2,1-2H3,(H2,27,31)(H,29,32)/t13-,14+,15-. The van der Waals surface area contributed by atoms with Gasteiger partial charge in [0.1, 0.15) is 22.4 Å². The molecule has 0 aliphatic carbocycles. The number of halogens is 3. The van der Waals surface area contributed by atoms with Crippen LogP contribution in [0.3, 0.4) is 0 Å². The van der Waals surface area contributed by atoms with Crippen molar-refractivity contribution in [3.8, 4) is 5.75 Å². The van der Waals surface area contributed by atoms with Gasteiger partial charge in [-0.15, -0.1) is 0 Å². The molecule has 2 amide bonds. The summed E-state index contributed by atoms with van der Waals surface area (Å²) in [7, 11) is 0. The molecule has 0 saturated carbocycles. The van der Waals surface area contributed by atoms with Gasteiger partial charge in [-0.3, -0.25) is 9.59 Å². The predicted molar refractivity (Wildman–Crippen MR) is 124 cm³/mol. The molecule has 0 radical (unpaired) electrons. The summed E-state index contributed by atoms with van der Waals surface area (Å²) in [4.78, 5) is 31.0. The van der Waals surface area contributed by atoms with Gasteiger partial charge in [-0.05, 0) is 63.8 Å². The van der Waals surface area contributed by atoms with E-state index in [0.29, 0.717) is 5.56 Å². The highest BCUT2D eigenvalue weighted by Crippen LogP contribution is 2.39. The average molecular weight is 495 g/mol. The summed E-state index contributed by atoms with van der Waals surface area (Å²) in [5.41, 5.74) is 4.44. The van der Waals surface area contributed by atoms with Crippen LogP contribution in [0.1, 0.15) is 49.9 Å². The Hall–Kier alpha value is -2.58. The van der Waals surface area contributed by atoms with Crippen molar-refractivity contribution in [1.82, 2.24) is 10.3 Å². The van der Waals surface area contributed by atoms with Crippen molar-refractivity contribution in [2.24, 2.45) is 5.73 Å². The third kappa shape index (κ3) is 4.73. The van der Waals surface area contributed by atoms with Crippen LogP contribution in [0.5, 0.6) is 5.75 Å². The van der Waals surface area contributed by atoms with Crippen molar-refractivity contribution in [1.29, 1.82) is 0 Å². The fourth-order valence-electron chi connectivity index (χ4n) is 4.62. The first kappa shape index (κ1) is 23.6. The Morgan fingerprint density at radius 2 is 1.82 bits per heavy atom. The molecule has 2 aliphatic rings. The lowest BCUT2D eigenvalue weighted by molar-refractivity contribution is -0.135. The van der Waals surface area contributed by atoms with Crippen LogP contribution in [-0.4, -0.2) is 40.5 Å². The van der Waals surface area contributed by atoms with Crippen LogP contribution in [0, 0.1) is 5.82 Å².